The molecule has 1 N–H and O–H groups in total. The highest BCUT2D eigenvalue weighted by atomic mass is 16.5. The zero-order chi connectivity index (χ0) is 16.5. The van der Waals surface area contributed by atoms with Crippen LogP contribution in [-0.4, -0.2) is 15.8 Å². The van der Waals surface area contributed by atoms with Crippen molar-refractivity contribution in [3.8, 4) is 0 Å². The number of nitrogens with one attached hydrogen (secondary N) is 1. The summed E-state index contributed by atoms with van der Waals surface area (Å²) < 4.78 is 5.63. The molecule has 3 aromatic rings. The van der Waals surface area contributed by atoms with Crippen LogP contribution in [0.3, 0.4) is 0 Å². The minimum absolute atomic E-state index is 0.0987. The first-order valence-electron chi connectivity index (χ1n) is 7.91. The van der Waals surface area contributed by atoms with Crippen LogP contribution in [0.1, 0.15) is 33.7 Å². The summed E-state index contributed by atoms with van der Waals surface area (Å²) in [5.41, 5.74) is 3.08. The number of hydrogen-bond acceptors (Lipinski definition) is 4. The van der Waals surface area contributed by atoms with Gasteiger partial charge in [0.05, 0.1) is 17.5 Å². The van der Waals surface area contributed by atoms with Crippen molar-refractivity contribution in [2.75, 3.05) is 0 Å². The minimum atomic E-state index is -0.235. The van der Waals surface area contributed by atoms with Crippen LogP contribution in [0.4, 0.5) is 0 Å². The Balaban J connectivity index is 1.59. The molecule has 0 radical (unpaired) electrons. The Morgan fingerprint density at radius 3 is 2.71 bits per heavy atom. The number of Topliss-reactive ketones (excluding diaryl/α,β-unsaturated/α-hetero) is 1. The predicted molar refractivity (Wildman–Crippen MR) is 90.0 cm³/mol. The molecule has 4 rings (SSSR count). The van der Waals surface area contributed by atoms with E-state index in [9.17, 15) is 9.59 Å². The van der Waals surface area contributed by atoms with E-state index in [1.165, 1.54) is 0 Å². The lowest BCUT2D eigenvalue weighted by molar-refractivity contribution is 0.0994. The van der Waals surface area contributed by atoms with Gasteiger partial charge in [0.2, 0.25) is 0 Å². The summed E-state index contributed by atoms with van der Waals surface area (Å²) >= 11 is 0. The van der Waals surface area contributed by atoms with Crippen molar-refractivity contribution in [2.45, 2.75) is 26.1 Å². The fraction of sp³-hybridized carbons (Fsp3) is 0.211. The minimum Gasteiger partial charge on any atom is -0.369 e. The van der Waals surface area contributed by atoms with Gasteiger partial charge >= 0.3 is 0 Å². The number of aromatic nitrogens is 2. The lowest BCUT2D eigenvalue weighted by Crippen LogP contribution is -2.13. The van der Waals surface area contributed by atoms with E-state index in [4.69, 9.17) is 4.74 Å². The van der Waals surface area contributed by atoms with E-state index in [-0.39, 0.29) is 17.9 Å². The van der Waals surface area contributed by atoms with E-state index in [1.807, 2.05) is 36.4 Å². The van der Waals surface area contributed by atoms with Crippen molar-refractivity contribution < 1.29 is 9.53 Å². The average molecular weight is 320 g/mol. The van der Waals surface area contributed by atoms with Crippen LogP contribution >= 0.6 is 0 Å². The average Bonchev–Trinajstić information content (AvgIpc) is 2.95. The first-order chi connectivity index (χ1) is 11.7. The highest BCUT2D eigenvalue weighted by molar-refractivity contribution is 6.03. The van der Waals surface area contributed by atoms with Crippen LogP contribution in [0.15, 0.2) is 47.3 Å². The van der Waals surface area contributed by atoms with Crippen LogP contribution in [0.2, 0.25) is 0 Å². The van der Waals surface area contributed by atoms with E-state index in [2.05, 4.69) is 9.97 Å². The second kappa shape index (κ2) is 6.02. The van der Waals surface area contributed by atoms with Gasteiger partial charge in [-0.05, 0) is 29.7 Å². The molecule has 0 aliphatic heterocycles. The molecule has 0 unspecified atom stereocenters. The molecule has 0 bridgehead atoms. The molecule has 0 amide bonds. The molecule has 0 fully saturated rings. The van der Waals surface area contributed by atoms with E-state index in [1.54, 1.807) is 6.07 Å². The molecule has 0 spiro atoms. The monoisotopic (exact) mass is 320 g/mol. The lowest BCUT2D eigenvalue weighted by atomic mass is 10.1. The van der Waals surface area contributed by atoms with Crippen LogP contribution in [0, 0.1) is 0 Å². The zero-order valence-electron chi connectivity index (χ0n) is 13.0. The summed E-state index contributed by atoms with van der Waals surface area (Å²) in [6.45, 7) is 0.692. The number of aromatic amines is 1. The largest absolute Gasteiger partial charge is 0.369 e. The molecule has 1 aliphatic rings. The number of rotatable bonds is 4. The number of nitrogens with zero attached hydrogens (tertiary/aromatic N) is 1. The first kappa shape index (κ1) is 14.8. The van der Waals surface area contributed by atoms with Gasteiger partial charge in [-0.2, -0.15) is 0 Å². The quantitative estimate of drug-likeness (QED) is 0.802. The normalized spacial score (nSPS) is 13.4. The molecular weight excluding hydrogens is 304 g/mol. The third-order valence-electron chi connectivity index (χ3n) is 4.25. The van der Waals surface area contributed by atoms with Gasteiger partial charge in [0, 0.05) is 12.0 Å². The van der Waals surface area contributed by atoms with Gasteiger partial charge in [-0.3, -0.25) is 9.59 Å². The number of aryl methyl sites for hydroxylation is 1. The summed E-state index contributed by atoms with van der Waals surface area (Å²) in [6, 6.07) is 13.3. The number of benzene rings is 2. The number of hydrogen-bond donors (Lipinski definition) is 1. The van der Waals surface area contributed by atoms with Crippen LogP contribution in [0.5, 0.6) is 0 Å². The molecule has 0 saturated heterocycles. The van der Waals surface area contributed by atoms with Gasteiger partial charge in [0.25, 0.3) is 5.56 Å². The molecule has 5 heteroatoms. The van der Waals surface area contributed by atoms with Crippen molar-refractivity contribution in [1.29, 1.82) is 0 Å². The Morgan fingerprint density at radius 1 is 1.04 bits per heavy atom. The van der Waals surface area contributed by atoms with Crippen molar-refractivity contribution >= 4 is 16.7 Å². The standard InChI is InChI=1S/C19H16N2O3/c22-17-7-6-13-8-16-15(9-14(13)17)19(23)21-18(20-16)11-24-10-12-4-2-1-3-5-12/h1-5,8-9H,6-7,10-11H2,(H,20,21,23). The van der Waals surface area contributed by atoms with Gasteiger partial charge in [-0.15, -0.1) is 0 Å². The van der Waals surface area contributed by atoms with Crippen LogP contribution < -0.4 is 5.56 Å². The lowest BCUT2D eigenvalue weighted by Gasteiger charge is -2.06. The molecule has 24 heavy (non-hydrogen) atoms. The highest BCUT2D eigenvalue weighted by Gasteiger charge is 2.21. The third-order valence-corrected chi connectivity index (χ3v) is 4.25. The number of ether oxygens (including phenoxy) is 1. The molecule has 5 nitrogen and oxygen atoms in total. The maximum absolute atomic E-state index is 12.3. The van der Waals surface area contributed by atoms with Gasteiger partial charge in [0.1, 0.15) is 12.4 Å². The second-order valence-corrected chi connectivity index (χ2v) is 5.94. The van der Waals surface area contributed by atoms with Crippen molar-refractivity contribution in [1.82, 2.24) is 9.97 Å². The highest BCUT2D eigenvalue weighted by Crippen LogP contribution is 2.25. The Morgan fingerprint density at radius 2 is 1.88 bits per heavy atom. The Hall–Kier alpha value is -2.79. The number of fused-ring (bicyclic) bond motifs is 2. The molecule has 1 heterocycles. The molecule has 120 valence electrons. The van der Waals surface area contributed by atoms with E-state index in [0.717, 1.165) is 17.5 Å². The zero-order valence-corrected chi connectivity index (χ0v) is 13.0. The van der Waals surface area contributed by atoms with E-state index >= 15 is 0 Å². The van der Waals surface area contributed by atoms with Crippen molar-refractivity contribution in [2.24, 2.45) is 0 Å². The van der Waals surface area contributed by atoms with Crippen LogP contribution in [0.25, 0.3) is 10.9 Å². The summed E-state index contributed by atoms with van der Waals surface area (Å²) in [6.07, 6.45) is 1.23. The fourth-order valence-corrected chi connectivity index (χ4v) is 3.04. The first-order valence-corrected chi connectivity index (χ1v) is 7.91. The van der Waals surface area contributed by atoms with Gasteiger partial charge in [0.15, 0.2) is 5.78 Å². The molecule has 1 aliphatic carbocycles. The van der Waals surface area contributed by atoms with Crippen molar-refractivity contribution in [3.05, 3.63) is 75.3 Å². The van der Waals surface area contributed by atoms with Gasteiger partial charge in [-0.1, -0.05) is 30.3 Å². The number of carbonyl (C=O) groups is 1. The maximum Gasteiger partial charge on any atom is 0.258 e. The molecule has 0 saturated carbocycles. The third kappa shape index (κ3) is 2.74. The SMILES string of the molecule is O=C1CCc2cc3nc(COCc4ccccc4)[nH]c(=O)c3cc21. The van der Waals surface area contributed by atoms with E-state index in [0.29, 0.717) is 35.3 Å². The maximum atomic E-state index is 12.3. The Labute approximate surface area is 138 Å². The second-order valence-electron chi connectivity index (χ2n) is 5.94. The van der Waals surface area contributed by atoms with Crippen LogP contribution in [-0.2, 0) is 24.4 Å². The van der Waals surface area contributed by atoms with Gasteiger partial charge < -0.3 is 9.72 Å². The smallest absolute Gasteiger partial charge is 0.258 e. The Kier molecular flexibility index (Phi) is 3.70. The predicted octanol–water partition coefficient (Wildman–Crippen LogP) is 2.77. The van der Waals surface area contributed by atoms with Gasteiger partial charge in [-0.25, -0.2) is 4.98 Å². The number of ketones is 1. The fourth-order valence-electron chi connectivity index (χ4n) is 3.04. The summed E-state index contributed by atoms with van der Waals surface area (Å²) in [4.78, 5) is 31.3. The molecule has 0 atom stereocenters. The summed E-state index contributed by atoms with van der Waals surface area (Å²) in [5, 5.41) is 0.454. The summed E-state index contributed by atoms with van der Waals surface area (Å²) in [5.74, 6) is 0.592. The molecule has 1 aromatic heterocycles. The topological polar surface area (TPSA) is 72.0 Å². The number of H-pyrrole nitrogens is 1. The molecule has 2 aromatic carbocycles. The number of carbonyl (C=O) groups excluding carboxylic acids is 1. The summed E-state index contributed by atoms with van der Waals surface area (Å²) in [7, 11) is 0. The Bertz CT molecular complexity index is 977. The van der Waals surface area contributed by atoms with Crippen molar-refractivity contribution in [3.63, 3.8) is 0 Å². The van der Waals surface area contributed by atoms with E-state index < -0.39 is 0 Å². The molecular formula is C19H16N2O3.